The average molecular weight is 348 g/mol. The lowest BCUT2D eigenvalue weighted by molar-refractivity contribution is 0.461. The molecule has 0 aromatic heterocycles. The van der Waals surface area contributed by atoms with E-state index >= 15 is 0 Å². The molecule has 22 heavy (non-hydrogen) atoms. The Morgan fingerprint density at radius 1 is 0.545 bits per heavy atom. The molecule has 0 fully saturated rings. The van der Waals surface area contributed by atoms with Crippen molar-refractivity contribution in [3.8, 4) is 11.1 Å². The minimum atomic E-state index is -4.50. The molecule has 2 aromatic carbocycles. The van der Waals surface area contributed by atoms with Crippen molar-refractivity contribution < 1.29 is 25.9 Å². The van der Waals surface area contributed by atoms with Crippen LogP contribution in [-0.4, -0.2) is 25.9 Å². The minimum Gasteiger partial charge on any atom is -0.744 e. The Balaban J connectivity index is 0.00000220. The lowest BCUT2D eigenvalue weighted by Gasteiger charge is -2.09. The van der Waals surface area contributed by atoms with Gasteiger partial charge in [0.05, 0.1) is 9.79 Å². The van der Waals surface area contributed by atoms with E-state index in [-0.39, 0.29) is 22.1 Å². The van der Waals surface area contributed by atoms with Crippen molar-refractivity contribution >= 4 is 20.2 Å². The smallest absolute Gasteiger partial charge is 0.124 e. The van der Waals surface area contributed by atoms with Gasteiger partial charge in [0, 0.05) is 0 Å². The first-order valence-electron chi connectivity index (χ1n) is 5.30. The van der Waals surface area contributed by atoms with Crippen LogP contribution in [0.5, 0.6) is 0 Å². The molecule has 0 amide bonds. The molecule has 2 aromatic rings. The zero-order chi connectivity index (χ0) is 15.0. The van der Waals surface area contributed by atoms with E-state index in [4.69, 9.17) is 0 Å². The van der Waals surface area contributed by atoms with Crippen LogP contribution in [0.4, 0.5) is 0 Å². The molecule has 0 unspecified atom stereocenters. The summed E-state index contributed by atoms with van der Waals surface area (Å²) in [6.45, 7) is 0. The van der Waals surface area contributed by atoms with Gasteiger partial charge in [0.15, 0.2) is 0 Å². The van der Waals surface area contributed by atoms with Gasteiger partial charge in [0.2, 0.25) is 0 Å². The molecule has 0 aliphatic carbocycles. The Labute approximate surface area is 128 Å². The first-order chi connectivity index (χ1) is 9.18. The van der Waals surface area contributed by atoms with E-state index in [1.165, 1.54) is 24.3 Å². The summed E-state index contributed by atoms with van der Waals surface area (Å²) in [5.74, 6) is 0. The number of quaternary nitrogens is 2. The molecule has 122 valence electrons. The van der Waals surface area contributed by atoms with Crippen molar-refractivity contribution in [3.05, 3.63) is 48.5 Å². The topological polar surface area (TPSA) is 187 Å². The fourth-order valence-electron chi connectivity index (χ4n) is 1.63. The Bertz CT molecular complexity index is 755. The zero-order valence-corrected chi connectivity index (χ0v) is 13.5. The molecule has 2 rings (SSSR count). The predicted octanol–water partition coefficient (Wildman–Crippen LogP) is 1.91. The first kappa shape index (κ1) is 20.2. The van der Waals surface area contributed by atoms with Crippen LogP contribution in [-0.2, 0) is 20.2 Å². The second-order valence-corrected chi connectivity index (χ2v) is 6.72. The molecule has 0 saturated carbocycles. The van der Waals surface area contributed by atoms with Gasteiger partial charge >= 0.3 is 0 Å². The van der Waals surface area contributed by atoms with Crippen molar-refractivity contribution in [2.75, 3.05) is 0 Å². The molecule has 10 heteroatoms. The SMILES string of the molecule is O=S(=O)([O-])c1ccc(-c2ccc(S(=O)(=O)[O-])cc2)cc1.[NH4+].[NH4+]. The summed E-state index contributed by atoms with van der Waals surface area (Å²) in [5.41, 5.74) is 1.18. The summed E-state index contributed by atoms with van der Waals surface area (Å²) in [6.07, 6.45) is 0. The van der Waals surface area contributed by atoms with E-state index in [9.17, 15) is 25.9 Å². The molecule has 0 aliphatic heterocycles. The fraction of sp³-hybridized carbons (Fsp3) is 0. The van der Waals surface area contributed by atoms with Gasteiger partial charge in [-0.05, 0) is 35.4 Å². The van der Waals surface area contributed by atoms with Gasteiger partial charge in [-0.3, -0.25) is 0 Å². The molecule has 8 nitrogen and oxygen atoms in total. The van der Waals surface area contributed by atoms with Crippen LogP contribution in [0.3, 0.4) is 0 Å². The maximum absolute atomic E-state index is 10.8. The predicted molar refractivity (Wildman–Crippen MR) is 79.8 cm³/mol. The minimum absolute atomic E-state index is 0. The molecule has 0 radical (unpaired) electrons. The third-order valence-electron chi connectivity index (χ3n) is 2.62. The second-order valence-electron chi connectivity index (χ2n) is 3.96. The Hall–Kier alpha value is -1.82. The van der Waals surface area contributed by atoms with E-state index < -0.39 is 20.2 Å². The monoisotopic (exact) mass is 348 g/mol. The van der Waals surface area contributed by atoms with Gasteiger partial charge in [0.25, 0.3) is 0 Å². The van der Waals surface area contributed by atoms with Crippen molar-refractivity contribution in [3.63, 3.8) is 0 Å². The van der Waals surface area contributed by atoms with Crippen molar-refractivity contribution in [2.24, 2.45) is 0 Å². The summed E-state index contributed by atoms with van der Waals surface area (Å²) >= 11 is 0. The van der Waals surface area contributed by atoms with Gasteiger partial charge in [-0.15, -0.1) is 0 Å². The lowest BCUT2D eigenvalue weighted by Crippen LogP contribution is -1.98. The third kappa shape index (κ3) is 4.59. The van der Waals surface area contributed by atoms with Crippen LogP contribution in [0.25, 0.3) is 11.1 Å². The maximum atomic E-state index is 10.8. The van der Waals surface area contributed by atoms with E-state index in [1.54, 1.807) is 0 Å². The van der Waals surface area contributed by atoms with Gasteiger partial charge in [-0.25, -0.2) is 16.8 Å². The molecule has 0 bridgehead atoms. The summed E-state index contributed by atoms with van der Waals surface area (Å²) in [5, 5.41) is 0. The maximum Gasteiger partial charge on any atom is 0.124 e. The van der Waals surface area contributed by atoms with Crippen LogP contribution in [0.2, 0.25) is 0 Å². The molecular weight excluding hydrogens is 332 g/mol. The second kappa shape index (κ2) is 6.96. The van der Waals surface area contributed by atoms with Gasteiger partial charge in [-0.1, -0.05) is 24.3 Å². The molecule has 0 atom stereocenters. The molecule has 0 saturated heterocycles. The summed E-state index contributed by atoms with van der Waals surface area (Å²) in [4.78, 5) is -0.694. The Kier molecular flexibility index (Phi) is 6.38. The van der Waals surface area contributed by atoms with Crippen molar-refractivity contribution in [1.82, 2.24) is 12.3 Å². The highest BCUT2D eigenvalue weighted by Gasteiger charge is 2.04. The van der Waals surface area contributed by atoms with Crippen LogP contribution < -0.4 is 12.3 Å². The van der Waals surface area contributed by atoms with Gasteiger partial charge in [0.1, 0.15) is 20.2 Å². The summed E-state index contributed by atoms with van der Waals surface area (Å²) in [7, 11) is -9.00. The highest BCUT2D eigenvalue weighted by atomic mass is 32.2. The Morgan fingerprint density at radius 2 is 0.773 bits per heavy atom. The summed E-state index contributed by atoms with van der Waals surface area (Å²) < 4.78 is 64.7. The van der Waals surface area contributed by atoms with Gasteiger partial charge < -0.3 is 21.4 Å². The van der Waals surface area contributed by atoms with E-state index in [1.807, 2.05) is 0 Å². The zero-order valence-electron chi connectivity index (χ0n) is 11.9. The van der Waals surface area contributed by atoms with Crippen LogP contribution in [0.15, 0.2) is 58.3 Å². The van der Waals surface area contributed by atoms with Crippen molar-refractivity contribution in [1.29, 1.82) is 0 Å². The lowest BCUT2D eigenvalue weighted by atomic mass is 10.1. The third-order valence-corrected chi connectivity index (χ3v) is 4.32. The standard InChI is InChI=1S/C12H10O6S2.2H3N/c13-19(14,15)11-5-1-9(2-6-11)10-3-7-12(8-4-10)20(16,17)18;;/h1-8H,(H,13,14,15)(H,16,17,18);2*1H3. The largest absolute Gasteiger partial charge is 0.744 e. The first-order valence-corrected chi connectivity index (χ1v) is 8.12. The number of rotatable bonds is 3. The molecule has 8 N–H and O–H groups in total. The van der Waals surface area contributed by atoms with Crippen LogP contribution >= 0.6 is 0 Å². The molecule has 0 aliphatic rings. The quantitative estimate of drug-likeness (QED) is 0.796. The number of hydrogen-bond donors (Lipinski definition) is 2. The van der Waals surface area contributed by atoms with E-state index in [0.717, 1.165) is 24.3 Å². The highest BCUT2D eigenvalue weighted by molar-refractivity contribution is 7.86. The number of hydrogen-bond acceptors (Lipinski definition) is 6. The van der Waals surface area contributed by atoms with Crippen LogP contribution in [0.1, 0.15) is 0 Å². The van der Waals surface area contributed by atoms with E-state index in [2.05, 4.69) is 0 Å². The fourth-order valence-corrected chi connectivity index (χ4v) is 2.57. The van der Waals surface area contributed by atoms with Gasteiger partial charge in [-0.2, -0.15) is 0 Å². The normalized spacial score (nSPS) is 11.2. The van der Waals surface area contributed by atoms with Crippen LogP contribution in [0, 0.1) is 0 Å². The summed E-state index contributed by atoms with van der Waals surface area (Å²) in [6, 6.07) is 10.3. The average Bonchev–Trinajstić information content (AvgIpc) is 2.37. The molecule has 0 spiro atoms. The molecule has 0 heterocycles. The highest BCUT2D eigenvalue weighted by Crippen LogP contribution is 2.22. The Morgan fingerprint density at radius 3 is 0.955 bits per heavy atom. The van der Waals surface area contributed by atoms with Crippen molar-refractivity contribution in [2.45, 2.75) is 9.79 Å². The molecular formula is C12H16N2O6S2. The number of benzene rings is 2. The van der Waals surface area contributed by atoms with E-state index in [0.29, 0.717) is 11.1 Å².